The van der Waals surface area contributed by atoms with Gasteiger partial charge in [-0.1, -0.05) is 30.3 Å². The normalized spacial score (nSPS) is 19.1. The third-order valence-corrected chi connectivity index (χ3v) is 7.87. The number of benzene rings is 2. The molecule has 0 radical (unpaired) electrons. The second kappa shape index (κ2) is 11.3. The Morgan fingerprint density at radius 2 is 1.30 bits per heavy atom. The number of aromatic nitrogens is 5. The Morgan fingerprint density at radius 3 is 1.89 bits per heavy atom. The monoisotopic (exact) mass is 599 g/mol. The van der Waals surface area contributed by atoms with Crippen molar-refractivity contribution in [1.82, 2.24) is 34.9 Å². The predicted octanol–water partition coefficient (Wildman–Crippen LogP) is 7.16. The number of amides is 2. The van der Waals surface area contributed by atoms with Gasteiger partial charge in [0.15, 0.2) is 5.82 Å². The van der Waals surface area contributed by atoms with Crippen molar-refractivity contribution in [2.24, 2.45) is 0 Å². The number of hydrogen-bond acceptors (Lipinski definition) is 7. The number of ether oxygens (including phenoxy) is 2. The molecule has 0 bridgehead atoms. The molecule has 2 atom stereocenters. The fraction of sp³-hybridized carbons (Fsp3) is 0.485. The number of fused-ring (bicyclic) bond motifs is 1. The molecule has 4 aromatic rings. The first-order valence-corrected chi connectivity index (χ1v) is 15.4. The van der Waals surface area contributed by atoms with Crippen LogP contribution >= 0.6 is 0 Å². The SMILES string of the molecule is CC(C)(C)OC(=O)N1CCC[C@H]1c1nc(-c2ccc(-c3ccc4nc([C@@H]5CCCN5C(=O)OC(C)(C)C)[nH]c4c3)cc2)n[nH]1. The van der Waals surface area contributed by atoms with Gasteiger partial charge in [-0.15, -0.1) is 0 Å². The van der Waals surface area contributed by atoms with Crippen molar-refractivity contribution >= 4 is 23.2 Å². The lowest BCUT2D eigenvalue weighted by atomic mass is 10.0. The van der Waals surface area contributed by atoms with E-state index in [0.29, 0.717) is 24.7 Å². The maximum atomic E-state index is 12.8. The van der Waals surface area contributed by atoms with Crippen LogP contribution in [-0.2, 0) is 9.47 Å². The molecule has 2 amide bonds. The van der Waals surface area contributed by atoms with Gasteiger partial charge in [0.1, 0.15) is 22.9 Å². The first kappa shape index (κ1) is 29.7. The van der Waals surface area contributed by atoms with Gasteiger partial charge in [-0.05, 0) is 90.5 Å². The van der Waals surface area contributed by atoms with Gasteiger partial charge >= 0.3 is 12.2 Å². The maximum Gasteiger partial charge on any atom is 0.410 e. The van der Waals surface area contributed by atoms with Crippen LogP contribution in [0.15, 0.2) is 42.5 Å². The molecular weight excluding hydrogens is 558 g/mol. The van der Waals surface area contributed by atoms with Gasteiger partial charge in [0.2, 0.25) is 0 Å². The van der Waals surface area contributed by atoms with Gasteiger partial charge < -0.3 is 14.5 Å². The summed E-state index contributed by atoms with van der Waals surface area (Å²) in [5.41, 5.74) is 3.65. The summed E-state index contributed by atoms with van der Waals surface area (Å²) in [7, 11) is 0. The first-order chi connectivity index (χ1) is 20.8. The minimum atomic E-state index is -0.554. The second-order valence-corrected chi connectivity index (χ2v) is 13.6. The molecule has 6 rings (SSSR count). The Balaban J connectivity index is 1.17. The molecule has 2 aliphatic rings. The summed E-state index contributed by atoms with van der Waals surface area (Å²) in [5.74, 6) is 2.03. The van der Waals surface area contributed by atoms with E-state index in [1.54, 1.807) is 9.80 Å². The van der Waals surface area contributed by atoms with E-state index in [9.17, 15) is 9.59 Å². The summed E-state index contributed by atoms with van der Waals surface area (Å²) < 4.78 is 11.2. The number of rotatable bonds is 4. The zero-order valence-corrected chi connectivity index (χ0v) is 26.3. The second-order valence-electron chi connectivity index (χ2n) is 13.6. The first-order valence-electron chi connectivity index (χ1n) is 15.4. The van der Waals surface area contributed by atoms with Crippen molar-refractivity contribution in [2.75, 3.05) is 13.1 Å². The fourth-order valence-electron chi connectivity index (χ4n) is 5.91. The highest BCUT2D eigenvalue weighted by Crippen LogP contribution is 2.35. The van der Waals surface area contributed by atoms with Gasteiger partial charge in [0.05, 0.1) is 23.1 Å². The molecule has 2 aromatic carbocycles. The van der Waals surface area contributed by atoms with Gasteiger partial charge in [-0.2, -0.15) is 5.10 Å². The smallest absolute Gasteiger partial charge is 0.410 e. The van der Waals surface area contributed by atoms with Crippen molar-refractivity contribution in [1.29, 1.82) is 0 Å². The quantitative estimate of drug-likeness (QED) is 0.255. The Morgan fingerprint density at radius 1 is 0.750 bits per heavy atom. The largest absolute Gasteiger partial charge is 0.444 e. The number of carbonyl (C=O) groups excluding carboxylic acids is 2. The maximum absolute atomic E-state index is 12.8. The van der Waals surface area contributed by atoms with E-state index in [2.05, 4.69) is 27.3 Å². The zero-order valence-electron chi connectivity index (χ0n) is 26.3. The van der Waals surface area contributed by atoms with Crippen LogP contribution in [0.3, 0.4) is 0 Å². The number of likely N-dealkylation sites (tertiary alicyclic amines) is 2. The van der Waals surface area contributed by atoms with Crippen molar-refractivity contribution in [3.05, 3.63) is 54.1 Å². The number of hydrogen-bond donors (Lipinski definition) is 2. The van der Waals surface area contributed by atoms with Crippen LogP contribution in [0.4, 0.5) is 9.59 Å². The molecule has 2 N–H and O–H groups in total. The highest BCUT2D eigenvalue weighted by atomic mass is 16.6. The highest BCUT2D eigenvalue weighted by Gasteiger charge is 2.36. The van der Waals surface area contributed by atoms with Crippen molar-refractivity contribution in [2.45, 2.75) is 90.5 Å². The molecule has 2 saturated heterocycles. The van der Waals surface area contributed by atoms with Gasteiger partial charge in [0.25, 0.3) is 0 Å². The number of carbonyl (C=O) groups is 2. The average Bonchev–Trinajstić information content (AvgIpc) is 3.76. The standard InChI is InChI=1S/C33H41N7O4/c1-32(2,3)43-30(41)39-17-7-9-25(39)28-34-23-16-15-22(19-24(23)35-28)20-11-13-21(14-12-20)27-36-29(38-37-27)26-10-8-18-40(26)31(42)44-33(4,5)6/h11-16,19,25-26H,7-10,17-18H2,1-6H3,(H,34,35)(H,36,37,38)/t25-,26-/m0/s1. The lowest BCUT2D eigenvalue weighted by molar-refractivity contribution is 0.0208. The van der Waals surface area contributed by atoms with Crippen molar-refractivity contribution < 1.29 is 19.1 Å². The van der Waals surface area contributed by atoms with E-state index >= 15 is 0 Å². The van der Waals surface area contributed by atoms with E-state index < -0.39 is 11.2 Å². The van der Waals surface area contributed by atoms with Gasteiger partial charge in [-0.3, -0.25) is 14.9 Å². The molecule has 0 spiro atoms. The summed E-state index contributed by atoms with van der Waals surface area (Å²) in [5, 5.41) is 7.51. The Labute approximate surface area is 257 Å². The third kappa shape index (κ3) is 6.27. The summed E-state index contributed by atoms with van der Waals surface area (Å²) >= 11 is 0. The molecule has 11 nitrogen and oxygen atoms in total. The minimum absolute atomic E-state index is 0.133. The molecule has 4 heterocycles. The lowest BCUT2D eigenvalue weighted by Crippen LogP contribution is -2.36. The van der Waals surface area contributed by atoms with E-state index in [0.717, 1.165) is 59.2 Å². The van der Waals surface area contributed by atoms with Crippen LogP contribution in [0.1, 0.15) is 91.0 Å². The summed E-state index contributed by atoms with van der Waals surface area (Å²) in [4.78, 5) is 42.1. The number of nitrogens with zero attached hydrogens (tertiary/aromatic N) is 5. The molecule has 0 saturated carbocycles. The van der Waals surface area contributed by atoms with Gasteiger partial charge in [-0.25, -0.2) is 19.6 Å². The summed E-state index contributed by atoms with van der Waals surface area (Å²) in [6.45, 7) is 12.5. The zero-order chi connectivity index (χ0) is 31.2. The topological polar surface area (TPSA) is 129 Å². The van der Waals surface area contributed by atoms with Crippen LogP contribution in [0.2, 0.25) is 0 Å². The molecule has 2 aromatic heterocycles. The van der Waals surface area contributed by atoms with Crippen LogP contribution in [-0.4, -0.2) is 71.4 Å². The van der Waals surface area contributed by atoms with Crippen LogP contribution in [0.25, 0.3) is 33.5 Å². The van der Waals surface area contributed by atoms with E-state index in [1.165, 1.54) is 0 Å². The fourth-order valence-corrected chi connectivity index (χ4v) is 5.91. The van der Waals surface area contributed by atoms with E-state index in [4.69, 9.17) is 19.4 Å². The van der Waals surface area contributed by atoms with Crippen molar-refractivity contribution in [3.63, 3.8) is 0 Å². The number of nitrogens with one attached hydrogen (secondary N) is 2. The Bertz CT molecular complexity index is 1660. The molecule has 232 valence electrons. The molecule has 44 heavy (non-hydrogen) atoms. The number of imidazole rings is 1. The third-order valence-electron chi connectivity index (χ3n) is 7.87. The van der Waals surface area contributed by atoms with Gasteiger partial charge in [0, 0.05) is 18.7 Å². The summed E-state index contributed by atoms with van der Waals surface area (Å²) in [6, 6.07) is 13.9. The average molecular weight is 600 g/mol. The summed E-state index contributed by atoms with van der Waals surface area (Å²) in [6.07, 6.45) is 2.82. The number of aromatic amines is 2. The van der Waals surface area contributed by atoms with Crippen molar-refractivity contribution in [3.8, 4) is 22.5 Å². The van der Waals surface area contributed by atoms with E-state index in [-0.39, 0.29) is 24.3 Å². The Hall–Kier alpha value is -4.41. The van der Waals surface area contributed by atoms with Crippen LogP contribution in [0.5, 0.6) is 0 Å². The number of H-pyrrole nitrogens is 2. The van der Waals surface area contributed by atoms with E-state index in [1.807, 2.05) is 71.9 Å². The molecule has 0 unspecified atom stereocenters. The molecule has 11 heteroatoms. The molecule has 2 aliphatic heterocycles. The van der Waals surface area contributed by atoms with Crippen LogP contribution in [0, 0.1) is 0 Å². The Kier molecular flexibility index (Phi) is 7.59. The predicted molar refractivity (Wildman–Crippen MR) is 167 cm³/mol. The highest BCUT2D eigenvalue weighted by molar-refractivity contribution is 5.82. The van der Waals surface area contributed by atoms with Crippen LogP contribution < -0.4 is 0 Å². The lowest BCUT2D eigenvalue weighted by Gasteiger charge is -2.27. The molecular formula is C33H41N7O4. The minimum Gasteiger partial charge on any atom is -0.444 e. The molecule has 0 aliphatic carbocycles. The molecule has 2 fully saturated rings.